The van der Waals surface area contributed by atoms with Gasteiger partial charge in [-0.3, -0.25) is 4.79 Å². The number of benzene rings is 2. The Balaban J connectivity index is 1.78. The highest BCUT2D eigenvalue weighted by atomic mass is 32.2. The van der Waals surface area contributed by atoms with Gasteiger partial charge in [0.05, 0.1) is 43.4 Å². The second-order valence-corrected chi connectivity index (χ2v) is 9.37. The monoisotopic (exact) mass is 478 g/mol. The second-order valence-electron chi connectivity index (χ2n) is 7.46. The summed E-state index contributed by atoms with van der Waals surface area (Å²) >= 11 is 0. The molecule has 1 heterocycles. The van der Waals surface area contributed by atoms with E-state index in [1.165, 1.54) is 23.5 Å². The number of nitrogens with one attached hydrogen (secondary N) is 1. The molecule has 0 aliphatic carbocycles. The molecule has 1 atom stereocenters. The number of methoxy groups -OCH3 is 2. The zero-order chi connectivity index (χ0) is 23.8. The highest BCUT2D eigenvalue weighted by Crippen LogP contribution is 2.30. The van der Waals surface area contributed by atoms with Crippen LogP contribution in [-0.4, -0.2) is 72.4 Å². The molecule has 180 valence electrons. The van der Waals surface area contributed by atoms with E-state index in [2.05, 4.69) is 5.32 Å². The summed E-state index contributed by atoms with van der Waals surface area (Å²) in [4.78, 5) is 13.1. The number of hydrogen-bond acceptors (Lipinski definition) is 7. The molecular weight excluding hydrogens is 448 g/mol. The third-order valence-corrected chi connectivity index (χ3v) is 7.26. The van der Waals surface area contributed by atoms with Crippen LogP contribution in [0.4, 0.5) is 0 Å². The van der Waals surface area contributed by atoms with Crippen molar-refractivity contribution in [2.45, 2.75) is 17.9 Å². The van der Waals surface area contributed by atoms with Crippen LogP contribution in [0.15, 0.2) is 47.4 Å². The number of carbonyl (C=O) groups is 1. The molecular formula is C23H30N2O7S. The Kier molecular flexibility index (Phi) is 8.67. The van der Waals surface area contributed by atoms with Gasteiger partial charge >= 0.3 is 0 Å². The van der Waals surface area contributed by atoms with Crippen LogP contribution in [0.3, 0.4) is 0 Å². The largest absolute Gasteiger partial charge is 0.493 e. The molecule has 1 unspecified atom stereocenters. The lowest BCUT2D eigenvalue weighted by Crippen LogP contribution is -2.41. The summed E-state index contributed by atoms with van der Waals surface area (Å²) in [6.07, 6.45) is 0. The zero-order valence-corrected chi connectivity index (χ0v) is 19.9. The second kappa shape index (κ2) is 11.5. The SMILES string of the molecule is COCCOc1ccc(C(C)NC(=O)c2ccccc2S(=O)(=O)N2CCOCC2)cc1OC. The van der Waals surface area contributed by atoms with Gasteiger partial charge in [-0.25, -0.2) is 8.42 Å². The van der Waals surface area contributed by atoms with Crippen LogP contribution in [0.2, 0.25) is 0 Å². The van der Waals surface area contributed by atoms with Crippen LogP contribution in [0.25, 0.3) is 0 Å². The summed E-state index contributed by atoms with van der Waals surface area (Å²) in [7, 11) is -0.684. The molecule has 0 radical (unpaired) electrons. The first kappa shape index (κ1) is 25.0. The van der Waals surface area contributed by atoms with E-state index < -0.39 is 22.0 Å². The predicted octanol–water partition coefficient (Wildman–Crippen LogP) is 2.23. The first-order valence-electron chi connectivity index (χ1n) is 10.7. The van der Waals surface area contributed by atoms with Crippen molar-refractivity contribution in [2.24, 2.45) is 0 Å². The molecule has 10 heteroatoms. The number of hydrogen-bond donors (Lipinski definition) is 1. The van der Waals surface area contributed by atoms with E-state index in [0.717, 1.165) is 5.56 Å². The molecule has 0 aromatic heterocycles. The molecule has 1 aliphatic rings. The zero-order valence-electron chi connectivity index (χ0n) is 19.1. The lowest BCUT2D eigenvalue weighted by atomic mass is 10.1. The summed E-state index contributed by atoms with van der Waals surface area (Å²) in [5.74, 6) is 0.619. The fourth-order valence-electron chi connectivity index (χ4n) is 3.47. The molecule has 0 saturated carbocycles. The normalized spacial score (nSPS) is 15.6. The van der Waals surface area contributed by atoms with E-state index >= 15 is 0 Å². The first-order chi connectivity index (χ1) is 15.9. The molecule has 2 aromatic rings. The van der Waals surface area contributed by atoms with Crippen molar-refractivity contribution in [3.63, 3.8) is 0 Å². The molecule has 2 aromatic carbocycles. The van der Waals surface area contributed by atoms with Crippen molar-refractivity contribution < 1.29 is 32.2 Å². The van der Waals surface area contributed by atoms with Gasteiger partial charge in [0.1, 0.15) is 6.61 Å². The van der Waals surface area contributed by atoms with Gasteiger partial charge in [-0.2, -0.15) is 4.31 Å². The van der Waals surface area contributed by atoms with Crippen molar-refractivity contribution >= 4 is 15.9 Å². The van der Waals surface area contributed by atoms with Gasteiger partial charge in [0, 0.05) is 20.2 Å². The van der Waals surface area contributed by atoms with Gasteiger partial charge in [0.2, 0.25) is 10.0 Å². The Morgan fingerprint density at radius 1 is 1.09 bits per heavy atom. The molecule has 1 saturated heterocycles. The Morgan fingerprint density at radius 2 is 1.82 bits per heavy atom. The van der Waals surface area contributed by atoms with Crippen LogP contribution in [0.5, 0.6) is 11.5 Å². The minimum absolute atomic E-state index is 0.0175. The molecule has 0 spiro atoms. The minimum atomic E-state index is -3.82. The highest BCUT2D eigenvalue weighted by molar-refractivity contribution is 7.89. The van der Waals surface area contributed by atoms with Crippen LogP contribution in [-0.2, 0) is 19.5 Å². The van der Waals surface area contributed by atoms with Crippen LogP contribution in [0, 0.1) is 0 Å². The standard InChI is InChI=1S/C23H30N2O7S/c1-17(18-8-9-20(21(16-18)30-3)32-15-14-29-2)24-23(26)19-6-4-5-7-22(19)33(27,28)25-10-12-31-13-11-25/h4-9,16-17H,10-15H2,1-3H3,(H,24,26). The number of morpholine rings is 1. The number of rotatable bonds is 10. The van der Waals surface area contributed by atoms with Crippen LogP contribution >= 0.6 is 0 Å². The highest BCUT2D eigenvalue weighted by Gasteiger charge is 2.30. The molecule has 0 bridgehead atoms. The Morgan fingerprint density at radius 3 is 2.52 bits per heavy atom. The topological polar surface area (TPSA) is 103 Å². The van der Waals surface area contributed by atoms with E-state index in [-0.39, 0.29) is 23.5 Å². The number of sulfonamides is 1. The van der Waals surface area contributed by atoms with Crippen molar-refractivity contribution in [1.29, 1.82) is 0 Å². The van der Waals surface area contributed by atoms with E-state index in [1.807, 2.05) is 13.0 Å². The molecule has 1 aliphatic heterocycles. The maximum Gasteiger partial charge on any atom is 0.253 e. The van der Waals surface area contributed by atoms with Gasteiger partial charge in [0.25, 0.3) is 5.91 Å². The third kappa shape index (κ3) is 6.02. The van der Waals surface area contributed by atoms with E-state index in [1.54, 1.807) is 31.4 Å². The quantitative estimate of drug-likeness (QED) is 0.522. The number of ether oxygens (including phenoxy) is 4. The van der Waals surface area contributed by atoms with Crippen LogP contribution in [0.1, 0.15) is 28.9 Å². The van der Waals surface area contributed by atoms with Gasteiger partial charge in [-0.1, -0.05) is 18.2 Å². The first-order valence-corrected chi connectivity index (χ1v) is 12.1. The van der Waals surface area contributed by atoms with Crippen molar-refractivity contribution in [1.82, 2.24) is 9.62 Å². The molecule has 1 fully saturated rings. The summed E-state index contributed by atoms with van der Waals surface area (Å²) in [6, 6.07) is 11.2. The number of nitrogens with zero attached hydrogens (tertiary/aromatic N) is 1. The number of carbonyl (C=O) groups excluding carboxylic acids is 1. The third-order valence-electron chi connectivity index (χ3n) is 5.30. The summed E-state index contributed by atoms with van der Waals surface area (Å²) in [6.45, 7) is 3.82. The van der Waals surface area contributed by atoms with Gasteiger partial charge in [-0.05, 0) is 36.8 Å². The summed E-state index contributed by atoms with van der Waals surface area (Å²) < 4.78 is 48.9. The Bertz CT molecular complexity index is 1050. The molecule has 33 heavy (non-hydrogen) atoms. The average molecular weight is 479 g/mol. The molecule has 1 N–H and O–H groups in total. The fourth-order valence-corrected chi connectivity index (χ4v) is 5.07. The Hall–Kier alpha value is -2.66. The van der Waals surface area contributed by atoms with Crippen molar-refractivity contribution in [2.75, 3.05) is 53.7 Å². The van der Waals surface area contributed by atoms with Crippen molar-refractivity contribution in [3.8, 4) is 11.5 Å². The smallest absolute Gasteiger partial charge is 0.253 e. The summed E-state index contributed by atoms with van der Waals surface area (Å²) in [5, 5.41) is 2.89. The van der Waals surface area contributed by atoms with Gasteiger partial charge in [-0.15, -0.1) is 0 Å². The van der Waals surface area contributed by atoms with E-state index in [4.69, 9.17) is 18.9 Å². The van der Waals surface area contributed by atoms with Crippen LogP contribution < -0.4 is 14.8 Å². The summed E-state index contributed by atoms with van der Waals surface area (Å²) in [5.41, 5.74) is 0.884. The Labute approximate surface area is 194 Å². The minimum Gasteiger partial charge on any atom is -0.493 e. The lowest BCUT2D eigenvalue weighted by molar-refractivity contribution is 0.0729. The van der Waals surface area contributed by atoms with E-state index in [0.29, 0.717) is 37.9 Å². The average Bonchev–Trinajstić information content (AvgIpc) is 2.84. The van der Waals surface area contributed by atoms with Gasteiger partial charge in [0.15, 0.2) is 11.5 Å². The molecule has 9 nitrogen and oxygen atoms in total. The van der Waals surface area contributed by atoms with Gasteiger partial charge < -0.3 is 24.3 Å². The number of amides is 1. The predicted molar refractivity (Wildman–Crippen MR) is 122 cm³/mol. The maximum atomic E-state index is 13.1. The molecule has 1 amide bonds. The van der Waals surface area contributed by atoms with Crippen molar-refractivity contribution in [3.05, 3.63) is 53.6 Å². The lowest BCUT2D eigenvalue weighted by Gasteiger charge is -2.27. The maximum absolute atomic E-state index is 13.1. The van der Waals surface area contributed by atoms with E-state index in [9.17, 15) is 13.2 Å². The fraction of sp³-hybridized carbons (Fsp3) is 0.435. The molecule has 3 rings (SSSR count).